The molecule has 0 amide bonds. The van der Waals surface area contributed by atoms with Gasteiger partial charge in [0.15, 0.2) is 0 Å². The monoisotopic (exact) mass is 334 g/mol. The van der Waals surface area contributed by atoms with Gasteiger partial charge in [0.05, 0.1) is 10.6 Å². The molecule has 22 heavy (non-hydrogen) atoms. The smallest absolute Gasteiger partial charge is 0.332 e. The molecule has 0 saturated carbocycles. The van der Waals surface area contributed by atoms with Crippen molar-refractivity contribution >= 4 is 28.5 Å². The van der Waals surface area contributed by atoms with Crippen LogP contribution in [0.4, 0.5) is 5.82 Å². The van der Waals surface area contributed by atoms with E-state index in [-0.39, 0.29) is 11.4 Å². The molecule has 0 aliphatic heterocycles. The first-order chi connectivity index (χ1) is 10.4. The first-order valence-corrected chi connectivity index (χ1v) is 8.18. The topological polar surface area (TPSA) is 82.9 Å². The average molecular weight is 334 g/mol. The molecule has 0 aromatic carbocycles. The fourth-order valence-electron chi connectivity index (χ4n) is 2.22. The zero-order valence-corrected chi connectivity index (χ0v) is 13.9. The third-order valence-corrected chi connectivity index (χ3v) is 5.49. The number of nitrogens with two attached hydrogens (primary N) is 1. The summed E-state index contributed by atoms with van der Waals surface area (Å²) in [5.41, 5.74) is 5.95. The maximum Gasteiger partial charge on any atom is 0.332 e. The number of rotatable bonds is 2. The van der Waals surface area contributed by atoms with E-state index in [9.17, 15) is 9.59 Å². The second-order valence-electron chi connectivity index (χ2n) is 4.87. The highest BCUT2D eigenvalue weighted by atomic mass is 32.1. The Bertz CT molecular complexity index is 964. The molecule has 114 valence electrons. The van der Waals surface area contributed by atoms with Crippen molar-refractivity contribution < 1.29 is 0 Å². The number of thiophene rings is 1. The number of nitrogen functional groups attached to an aromatic ring is 1. The fourth-order valence-corrected chi connectivity index (χ4v) is 3.93. The number of hydrogen-bond donors (Lipinski definition) is 1. The number of aromatic nitrogens is 3. The Morgan fingerprint density at radius 3 is 2.59 bits per heavy atom. The Morgan fingerprint density at radius 1 is 1.23 bits per heavy atom. The summed E-state index contributed by atoms with van der Waals surface area (Å²) in [4.78, 5) is 30.9. The number of aryl methyl sites for hydroxylation is 1. The Hall–Kier alpha value is -2.19. The van der Waals surface area contributed by atoms with Crippen molar-refractivity contribution in [3.8, 4) is 21.1 Å². The minimum atomic E-state index is -0.447. The predicted molar refractivity (Wildman–Crippen MR) is 90.5 cm³/mol. The van der Waals surface area contributed by atoms with Crippen LogP contribution in [0.3, 0.4) is 0 Å². The summed E-state index contributed by atoms with van der Waals surface area (Å²) in [5.74, 6) is 0.138. The lowest BCUT2D eigenvalue weighted by Crippen LogP contribution is -2.39. The van der Waals surface area contributed by atoms with Crippen LogP contribution in [0.1, 0.15) is 4.88 Å². The maximum atomic E-state index is 12.4. The van der Waals surface area contributed by atoms with Crippen molar-refractivity contribution in [3.05, 3.63) is 43.2 Å². The number of thiazole rings is 1. The maximum absolute atomic E-state index is 12.4. The van der Waals surface area contributed by atoms with Gasteiger partial charge in [-0.3, -0.25) is 13.9 Å². The Balaban J connectivity index is 2.30. The molecule has 2 N–H and O–H groups in total. The van der Waals surface area contributed by atoms with E-state index in [0.29, 0.717) is 5.69 Å². The van der Waals surface area contributed by atoms with Gasteiger partial charge in [0.1, 0.15) is 16.4 Å². The average Bonchev–Trinajstić information content (AvgIpc) is 3.14. The number of hydrogen-bond acceptors (Lipinski definition) is 6. The lowest BCUT2D eigenvalue weighted by Gasteiger charge is -2.10. The first kappa shape index (κ1) is 14.7. The van der Waals surface area contributed by atoms with E-state index >= 15 is 0 Å². The van der Waals surface area contributed by atoms with Gasteiger partial charge in [0, 0.05) is 19.0 Å². The molecular weight excluding hydrogens is 320 g/mol. The molecule has 3 aromatic heterocycles. The largest absolute Gasteiger partial charge is 0.384 e. The standard InChI is InChI=1S/C14H14N4O2S2/c1-7-10(16-12(22-7)8-5-4-6-21-8)9-11(15)17(2)14(20)18(3)13(9)19/h4-6H,15H2,1-3H3. The molecule has 8 heteroatoms. The van der Waals surface area contributed by atoms with Gasteiger partial charge < -0.3 is 5.73 Å². The Labute approximate surface area is 134 Å². The molecule has 0 aliphatic carbocycles. The van der Waals surface area contributed by atoms with E-state index in [4.69, 9.17) is 5.73 Å². The van der Waals surface area contributed by atoms with Crippen LogP contribution in [-0.4, -0.2) is 14.1 Å². The quantitative estimate of drug-likeness (QED) is 0.775. The molecule has 0 fully saturated rings. The van der Waals surface area contributed by atoms with Crippen LogP contribution >= 0.6 is 22.7 Å². The second-order valence-corrected chi connectivity index (χ2v) is 7.02. The van der Waals surface area contributed by atoms with Gasteiger partial charge in [-0.2, -0.15) is 0 Å². The minimum absolute atomic E-state index is 0.138. The highest BCUT2D eigenvalue weighted by molar-refractivity contribution is 7.21. The molecular formula is C14H14N4O2S2. The number of nitrogens with zero attached hydrogens (tertiary/aromatic N) is 3. The van der Waals surface area contributed by atoms with E-state index in [1.807, 2.05) is 24.4 Å². The van der Waals surface area contributed by atoms with Gasteiger partial charge in [-0.05, 0) is 18.4 Å². The van der Waals surface area contributed by atoms with Crippen LogP contribution in [0.15, 0.2) is 27.1 Å². The van der Waals surface area contributed by atoms with Crippen molar-refractivity contribution in [2.24, 2.45) is 14.1 Å². The van der Waals surface area contributed by atoms with E-state index in [2.05, 4.69) is 4.98 Å². The van der Waals surface area contributed by atoms with E-state index < -0.39 is 11.2 Å². The van der Waals surface area contributed by atoms with Crippen LogP contribution in [0, 0.1) is 6.92 Å². The summed E-state index contributed by atoms with van der Waals surface area (Å²) < 4.78 is 2.32. The van der Waals surface area contributed by atoms with Crippen LogP contribution in [0.25, 0.3) is 21.1 Å². The molecule has 3 aromatic rings. The molecule has 0 aliphatic rings. The van der Waals surface area contributed by atoms with Crippen molar-refractivity contribution in [2.75, 3.05) is 5.73 Å². The predicted octanol–water partition coefficient (Wildman–Crippen LogP) is 1.83. The van der Waals surface area contributed by atoms with Gasteiger partial charge >= 0.3 is 5.69 Å². The molecule has 0 atom stereocenters. The lowest BCUT2D eigenvalue weighted by molar-refractivity contribution is 0.696. The second kappa shape index (κ2) is 5.22. The Morgan fingerprint density at radius 2 is 1.95 bits per heavy atom. The van der Waals surface area contributed by atoms with Gasteiger partial charge in [-0.15, -0.1) is 22.7 Å². The molecule has 6 nitrogen and oxygen atoms in total. The van der Waals surface area contributed by atoms with E-state index in [1.54, 1.807) is 18.4 Å². The fraction of sp³-hybridized carbons (Fsp3) is 0.214. The summed E-state index contributed by atoms with van der Waals surface area (Å²) in [7, 11) is 2.98. The summed E-state index contributed by atoms with van der Waals surface area (Å²) in [6.07, 6.45) is 0. The van der Waals surface area contributed by atoms with E-state index in [1.165, 1.54) is 23.0 Å². The van der Waals surface area contributed by atoms with Crippen LogP contribution in [0.5, 0.6) is 0 Å². The summed E-state index contributed by atoms with van der Waals surface area (Å²) in [5, 5.41) is 2.82. The molecule has 0 spiro atoms. The third kappa shape index (κ3) is 2.11. The first-order valence-electron chi connectivity index (χ1n) is 6.49. The molecule has 0 bridgehead atoms. The summed E-state index contributed by atoms with van der Waals surface area (Å²) in [6.45, 7) is 1.90. The van der Waals surface area contributed by atoms with Crippen molar-refractivity contribution in [2.45, 2.75) is 6.92 Å². The van der Waals surface area contributed by atoms with Gasteiger partial charge in [-0.1, -0.05) is 6.07 Å². The normalized spacial score (nSPS) is 11.0. The summed E-state index contributed by atoms with van der Waals surface area (Å²) in [6, 6.07) is 3.94. The van der Waals surface area contributed by atoms with Crippen LogP contribution < -0.4 is 17.0 Å². The molecule has 0 saturated heterocycles. The van der Waals surface area contributed by atoms with Crippen LogP contribution in [-0.2, 0) is 14.1 Å². The van der Waals surface area contributed by atoms with Gasteiger partial charge in [0.25, 0.3) is 5.56 Å². The van der Waals surface area contributed by atoms with Crippen molar-refractivity contribution in [3.63, 3.8) is 0 Å². The molecule has 3 heterocycles. The van der Waals surface area contributed by atoms with Gasteiger partial charge in [0.2, 0.25) is 0 Å². The minimum Gasteiger partial charge on any atom is -0.384 e. The third-order valence-electron chi connectivity index (χ3n) is 3.48. The van der Waals surface area contributed by atoms with Crippen LogP contribution in [0.2, 0.25) is 0 Å². The molecule has 3 rings (SSSR count). The SMILES string of the molecule is Cc1sc(-c2cccs2)nc1-c1c(N)n(C)c(=O)n(C)c1=O. The van der Waals surface area contributed by atoms with Crippen molar-refractivity contribution in [1.82, 2.24) is 14.1 Å². The molecule has 0 unspecified atom stereocenters. The highest BCUT2D eigenvalue weighted by Gasteiger charge is 2.21. The lowest BCUT2D eigenvalue weighted by atomic mass is 10.2. The highest BCUT2D eigenvalue weighted by Crippen LogP contribution is 2.35. The van der Waals surface area contributed by atoms with Crippen molar-refractivity contribution in [1.29, 1.82) is 0 Å². The Kier molecular flexibility index (Phi) is 3.50. The molecule has 0 radical (unpaired) electrons. The number of anilines is 1. The zero-order valence-electron chi connectivity index (χ0n) is 12.3. The van der Waals surface area contributed by atoms with E-state index in [0.717, 1.165) is 19.3 Å². The summed E-state index contributed by atoms with van der Waals surface area (Å²) >= 11 is 3.10. The zero-order chi connectivity index (χ0) is 16.0. The van der Waals surface area contributed by atoms with Gasteiger partial charge in [-0.25, -0.2) is 9.78 Å².